The third kappa shape index (κ3) is 12.1. The number of nitrogens with zero attached hydrogens (tertiary/aromatic N) is 3. The molecule has 0 saturated carbocycles. The maximum Gasteiger partial charge on any atom is 0.242 e. The molecule has 1 fully saturated rings. The molecule has 6 N–H and O–H groups in total. The van der Waals surface area contributed by atoms with Crippen LogP contribution in [0.15, 0.2) is 60.7 Å². The number of nitrogens with two attached hydrogens (primary N) is 1. The Morgan fingerprint density at radius 3 is 2.02 bits per heavy atom. The van der Waals surface area contributed by atoms with E-state index in [0.717, 1.165) is 16.0 Å². The first-order valence-electron chi connectivity index (χ1n) is 15.6. The first kappa shape index (κ1) is 37.2. The number of carbonyl (C=O) groups is 7. The number of hydrogen-bond donors (Lipinski definition) is 5. The van der Waals surface area contributed by atoms with E-state index in [1.807, 2.05) is 36.4 Å². The van der Waals surface area contributed by atoms with Gasteiger partial charge in [-0.3, -0.25) is 33.6 Å². The van der Waals surface area contributed by atoms with E-state index in [1.54, 1.807) is 24.3 Å². The van der Waals surface area contributed by atoms with Crippen molar-refractivity contribution in [1.82, 2.24) is 36.0 Å². The topological polar surface area (TPSA) is 203 Å². The van der Waals surface area contributed by atoms with Gasteiger partial charge in [0.15, 0.2) is 0 Å². The molecule has 15 heteroatoms. The molecule has 0 aliphatic carbocycles. The number of likely N-dealkylation sites (N-methyl/N-ethyl adjacent to an activating group) is 2. The second-order valence-corrected chi connectivity index (χ2v) is 11.5. The van der Waals surface area contributed by atoms with Crippen molar-refractivity contribution in [2.45, 2.75) is 31.3 Å². The maximum absolute atomic E-state index is 13.4. The zero-order chi connectivity index (χ0) is 35.1. The van der Waals surface area contributed by atoms with E-state index in [1.165, 1.54) is 23.9 Å². The van der Waals surface area contributed by atoms with Crippen molar-refractivity contribution in [2.24, 2.45) is 5.73 Å². The molecule has 0 aromatic heterocycles. The lowest BCUT2D eigenvalue weighted by Crippen LogP contribution is -2.54. The molecule has 258 valence electrons. The van der Waals surface area contributed by atoms with Crippen LogP contribution in [0.2, 0.25) is 0 Å². The fraction of sp³-hybridized carbons (Fsp3) is 0.424. The monoisotopic (exact) mass is 664 g/mol. The Bertz CT molecular complexity index is 1440. The van der Waals surface area contributed by atoms with Crippen molar-refractivity contribution in [1.29, 1.82) is 0 Å². The van der Waals surface area contributed by atoms with Gasteiger partial charge in [0.05, 0.1) is 32.2 Å². The maximum atomic E-state index is 13.4. The van der Waals surface area contributed by atoms with Crippen LogP contribution in [-0.4, -0.2) is 128 Å². The molecular formula is C33H44N8O7. The van der Waals surface area contributed by atoms with E-state index >= 15 is 0 Å². The van der Waals surface area contributed by atoms with Crippen molar-refractivity contribution in [3.63, 3.8) is 0 Å². The number of rotatable bonds is 6. The lowest BCUT2D eigenvalue weighted by Gasteiger charge is -2.30. The number of primary amides is 1. The second kappa shape index (κ2) is 18.7. The highest BCUT2D eigenvalue weighted by Crippen LogP contribution is 2.10. The van der Waals surface area contributed by atoms with Gasteiger partial charge in [0.1, 0.15) is 6.04 Å². The lowest BCUT2D eigenvalue weighted by atomic mass is 10.0. The molecule has 15 nitrogen and oxygen atoms in total. The third-order valence-corrected chi connectivity index (χ3v) is 7.73. The third-order valence-electron chi connectivity index (χ3n) is 7.73. The van der Waals surface area contributed by atoms with Crippen LogP contribution in [0.1, 0.15) is 17.5 Å². The first-order chi connectivity index (χ1) is 22.9. The molecule has 1 saturated heterocycles. The summed E-state index contributed by atoms with van der Waals surface area (Å²) >= 11 is 0. The van der Waals surface area contributed by atoms with Gasteiger partial charge in [-0.2, -0.15) is 0 Å². The standard InChI is InChI=1S/C33H44N8O7/c1-39-21-29(44)37-19-28(43)38-20-30(45)41(26(32(34)47)18-24-11-7-4-8-12-24)16-15-36-27(42)13-14-35-25(17-23-9-5-3-6-10-23)33(48)40(2)22-31(39)46/h3-12,25-26,35H,13-22H2,1-2H3,(H2,34,47)(H,36,42)(H,37,44)(H,38,43)/t25-,26-/m0/s1. The van der Waals surface area contributed by atoms with Gasteiger partial charge in [-0.25, -0.2) is 0 Å². The Morgan fingerprint density at radius 1 is 0.750 bits per heavy atom. The average Bonchev–Trinajstić information content (AvgIpc) is 3.06. The smallest absolute Gasteiger partial charge is 0.242 e. The van der Waals surface area contributed by atoms with Crippen LogP contribution in [0.4, 0.5) is 0 Å². The Kier molecular flexibility index (Phi) is 14.5. The van der Waals surface area contributed by atoms with Gasteiger partial charge in [-0.15, -0.1) is 0 Å². The van der Waals surface area contributed by atoms with Gasteiger partial charge in [0.2, 0.25) is 41.4 Å². The summed E-state index contributed by atoms with van der Waals surface area (Å²) in [6, 6.07) is 16.4. The molecule has 2 atom stereocenters. The molecule has 1 heterocycles. The summed E-state index contributed by atoms with van der Waals surface area (Å²) in [6.07, 6.45) is 0.404. The summed E-state index contributed by atoms with van der Waals surface area (Å²) in [5.41, 5.74) is 7.34. The van der Waals surface area contributed by atoms with E-state index in [2.05, 4.69) is 21.3 Å². The van der Waals surface area contributed by atoms with E-state index < -0.39 is 54.7 Å². The van der Waals surface area contributed by atoms with Gasteiger partial charge in [0.25, 0.3) is 0 Å². The first-order valence-corrected chi connectivity index (χ1v) is 15.6. The summed E-state index contributed by atoms with van der Waals surface area (Å²) < 4.78 is 0. The van der Waals surface area contributed by atoms with E-state index in [0.29, 0.717) is 6.42 Å². The van der Waals surface area contributed by atoms with Gasteiger partial charge >= 0.3 is 0 Å². The zero-order valence-corrected chi connectivity index (χ0v) is 27.3. The number of carbonyl (C=O) groups excluding carboxylic acids is 7. The molecule has 0 bridgehead atoms. The lowest BCUT2D eigenvalue weighted by molar-refractivity contribution is -0.141. The van der Waals surface area contributed by atoms with E-state index in [9.17, 15) is 33.6 Å². The van der Waals surface area contributed by atoms with Crippen molar-refractivity contribution in [3.05, 3.63) is 71.8 Å². The molecule has 2 aromatic carbocycles. The molecule has 1 aliphatic rings. The van der Waals surface area contributed by atoms with Crippen LogP contribution in [-0.2, 0) is 46.4 Å². The van der Waals surface area contributed by atoms with Crippen molar-refractivity contribution < 1.29 is 33.6 Å². The Balaban J connectivity index is 1.79. The van der Waals surface area contributed by atoms with Crippen LogP contribution in [0.25, 0.3) is 0 Å². The zero-order valence-electron chi connectivity index (χ0n) is 27.3. The minimum atomic E-state index is -1.07. The second-order valence-electron chi connectivity index (χ2n) is 11.5. The van der Waals surface area contributed by atoms with Crippen LogP contribution < -0.4 is 27.0 Å². The quantitative estimate of drug-likeness (QED) is 0.228. The number of hydrogen-bond acceptors (Lipinski definition) is 8. The van der Waals surface area contributed by atoms with Crippen molar-refractivity contribution >= 4 is 41.4 Å². The highest BCUT2D eigenvalue weighted by Gasteiger charge is 2.29. The summed E-state index contributed by atoms with van der Waals surface area (Å²) in [6.45, 7) is -1.61. The molecule has 0 radical (unpaired) electrons. The number of benzene rings is 2. The van der Waals surface area contributed by atoms with Gasteiger partial charge in [0, 0.05) is 46.6 Å². The molecular weight excluding hydrogens is 620 g/mol. The highest BCUT2D eigenvalue weighted by atomic mass is 16.2. The molecule has 0 spiro atoms. The predicted octanol–water partition coefficient (Wildman–Crippen LogP) is -2.22. The van der Waals surface area contributed by atoms with Crippen LogP contribution in [0.3, 0.4) is 0 Å². The SMILES string of the molecule is CN1CC(=O)NCC(=O)NCC(=O)N([C@@H](Cc2ccccc2)C(N)=O)CCNC(=O)CCN[C@@H](Cc2ccccc2)C(=O)N(C)CC1=O. The molecule has 7 amide bonds. The Hall–Kier alpha value is -5.31. The molecule has 1 aliphatic heterocycles. The summed E-state index contributed by atoms with van der Waals surface area (Å²) in [5.74, 6) is -3.94. The molecule has 48 heavy (non-hydrogen) atoms. The van der Waals surface area contributed by atoms with Gasteiger partial charge in [-0.1, -0.05) is 60.7 Å². The minimum absolute atomic E-state index is 0.00761. The number of amides is 7. The van der Waals surface area contributed by atoms with Crippen LogP contribution in [0.5, 0.6) is 0 Å². The summed E-state index contributed by atoms with van der Waals surface area (Å²) in [4.78, 5) is 93.5. The predicted molar refractivity (Wildman–Crippen MR) is 176 cm³/mol. The summed E-state index contributed by atoms with van der Waals surface area (Å²) in [5, 5.41) is 10.7. The molecule has 2 aromatic rings. The van der Waals surface area contributed by atoms with Crippen molar-refractivity contribution in [3.8, 4) is 0 Å². The largest absolute Gasteiger partial charge is 0.368 e. The molecule has 0 unspecified atom stereocenters. The highest BCUT2D eigenvalue weighted by molar-refractivity contribution is 5.93. The number of nitrogens with one attached hydrogen (secondary N) is 4. The Morgan fingerprint density at radius 2 is 1.38 bits per heavy atom. The summed E-state index contributed by atoms with van der Waals surface area (Å²) in [7, 11) is 2.88. The Labute approximate surface area is 279 Å². The van der Waals surface area contributed by atoms with Crippen LogP contribution in [0, 0.1) is 0 Å². The fourth-order valence-electron chi connectivity index (χ4n) is 5.06. The van der Waals surface area contributed by atoms with Gasteiger partial charge < -0.3 is 41.7 Å². The fourth-order valence-corrected chi connectivity index (χ4v) is 5.06. The average molecular weight is 665 g/mol. The minimum Gasteiger partial charge on any atom is -0.368 e. The van der Waals surface area contributed by atoms with E-state index in [-0.39, 0.29) is 57.4 Å². The normalized spacial score (nSPS) is 19.4. The van der Waals surface area contributed by atoms with Crippen LogP contribution >= 0.6 is 0 Å². The molecule has 3 rings (SSSR count). The van der Waals surface area contributed by atoms with E-state index in [4.69, 9.17) is 5.73 Å². The van der Waals surface area contributed by atoms with Crippen molar-refractivity contribution in [2.75, 3.05) is 59.9 Å². The van der Waals surface area contributed by atoms with Gasteiger partial charge in [-0.05, 0) is 17.5 Å².